The molecule has 0 atom stereocenters. The molecule has 12 heteroatoms. The van der Waals surface area contributed by atoms with Gasteiger partial charge in [-0.3, -0.25) is 8.98 Å². The summed E-state index contributed by atoms with van der Waals surface area (Å²) in [6.07, 6.45) is 1.81. The number of aromatic hydroxyl groups is 3. The number of allylic oxidation sites excluding steroid dienone is 5. The molecule has 1 heterocycles. The van der Waals surface area contributed by atoms with Crippen molar-refractivity contribution < 1.29 is 45.3 Å². The van der Waals surface area contributed by atoms with Crippen molar-refractivity contribution in [1.82, 2.24) is 0 Å². The molecule has 0 unspecified atom stereocenters. The molecule has 3 N–H and O–H groups in total. The fraction of sp³-hybridized carbons (Fsp3) is 0.275. The quantitative estimate of drug-likeness (QED) is 0.140. The van der Waals surface area contributed by atoms with E-state index in [-0.39, 0.29) is 32.8 Å². The molecule has 5 aromatic carbocycles. The molecule has 0 aromatic heterocycles. The molecule has 10 nitrogen and oxygen atoms in total. The minimum atomic E-state index is -4.04. The molecular weight excluding hydrogens is 837 g/mol. The Hall–Kier alpha value is -5.79. The standard InChI is InChI=1S/C26H28O5S.C25H26O5S/c1-14-12-21(16(3)18(5)25(14)27)24(22-13-15(2)26(28)19(6)17(22)4)20-10-8-9-11-23(20)32(29,30)31-7;1-13-11-20(15(3)17(5)23(13)26)25(21-12-14(2)24(27)18(6)16(21)4)19-9-7-8-10-22(19)31(28,29)30-25/h8-13,27H,1-7H3;7-12,26-27H,1-6H3/b24-22-;. The van der Waals surface area contributed by atoms with Crippen molar-refractivity contribution >= 4 is 31.6 Å². The van der Waals surface area contributed by atoms with Gasteiger partial charge in [-0.15, -0.1) is 0 Å². The van der Waals surface area contributed by atoms with Crippen molar-refractivity contribution in [2.75, 3.05) is 7.11 Å². The number of phenolic OH excluding ortho intramolecular Hbond substituents is 3. The van der Waals surface area contributed by atoms with E-state index in [1.165, 1.54) is 6.07 Å². The first-order valence-corrected chi connectivity index (χ1v) is 23.2. The van der Waals surface area contributed by atoms with E-state index in [0.29, 0.717) is 66.8 Å². The second-order valence-electron chi connectivity index (χ2n) is 16.5. The van der Waals surface area contributed by atoms with Gasteiger partial charge in [0, 0.05) is 16.7 Å². The molecule has 330 valence electrons. The number of benzene rings is 5. The highest BCUT2D eigenvalue weighted by Gasteiger charge is 2.53. The second kappa shape index (κ2) is 16.7. The lowest BCUT2D eigenvalue weighted by Crippen LogP contribution is -2.32. The number of aryl methyl sites for hydroxylation is 3. The van der Waals surface area contributed by atoms with E-state index in [0.717, 1.165) is 46.1 Å². The van der Waals surface area contributed by atoms with Crippen molar-refractivity contribution in [3.63, 3.8) is 0 Å². The summed E-state index contributed by atoms with van der Waals surface area (Å²) in [5, 5.41) is 31.5. The van der Waals surface area contributed by atoms with Crippen molar-refractivity contribution in [2.45, 2.75) is 98.5 Å². The average molecular weight is 891 g/mol. The van der Waals surface area contributed by atoms with Crippen LogP contribution < -0.4 is 0 Å². The first-order valence-electron chi connectivity index (χ1n) is 20.4. The Morgan fingerprint density at radius 3 is 1.62 bits per heavy atom. The molecule has 7 rings (SSSR count). The Bertz CT molecular complexity index is 3050. The summed E-state index contributed by atoms with van der Waals surface area (Å²) in [6.45, 7) is 21.9. The minimum Gasteiger partial charge on any atom is -0.507 e. The minimum absolute atomic E-state index is 0.0295. The number of hydrogen-bond donors (Lipinski definition) is 3. The first-order chi connectivity index (χ1) is 29.3. The number of phenols is 3. The molecule has 0 bridgehead atoms. The molecule has 0 saturated carbocycles. The van der Waals surface area contributed by atoms with Crippen molar-refractivity contribution in [3.05, 3.63) is 173 Å². The Morgan fingerprint density at radius 1 is 0.603 bits per heavy atom. The van der Waals surface area contributed by atoms with E-state index in [1.54, 1.807) is 82.3 Å². The smallest absolute Gasteiger partial charge is 0.298 e. The van der Waals surface area contributed by atoms with Crippen LogP contribution in [0.15, 0.2) is 105 Å². The topological polar surface area (TPSA) is 164 Å². The number of fused-ring (bicyclic) bond motifs is 1. The second-order valence-corrected chi connectivity index (χ2v) is 19.7. The van der Waals surface area contributed by atoms with Crippen LogP contribution in [0.4, 0.5) is 0 Å². The number of carbonyl (C=O) groups is 1. The average Bonchev–Trinajstić information content (AvgIpc) is 3.50. The number of ketones is 1. The molecule has 0 amide bonds. The first kappa shape index (κ1) is 46.7. The van der Waals surface area contributed by atoms with E-state index < -0.39 is 25.8 Å². The predicted molar refractivity (Wildman–Crippen MR) is 245 cm³/mol. The maximum atomic E-state index is 13.2. The third kappa shape index (κ3) is 7.62. The number of hydrogen-bond acceptors (Lipinski definition) is 10. The summed E-state index contributed by atoms with van der Waals surface area (Å²) in [5.41, 5.74) is 11.4. The van der Waals surface area contributed by atoms with E-state index in [4.69, 9.17) is 8.37 Å². The van der Waals surface area contributed by atoms with Crippen LogP contribution in [0.5, 0.6) is 17.2 Å². The van der Waals surface area contributed by atoms with Gasteiger partial charge in [0.05, 0.1) is 7.11 Å². The predicted octanol–water partition coefficient (Wildman–Crippen LogP) is 10.3. The van der Waals surface area contributed by atoms with Crippen LogP contribution in [0.2, 0.25) is 0 Å². The van der Waals surface area contributed by atoms with E-state index in [1.807, 2.05) is 67.5 Å². The van der Waals surface area contributed by atoms with Gasteiger partial charge >= 0.3 is 0 Å². The van der Waals surface area contributed by atoms with Gasteiger partial charge in [-0.25, -0.2) is 4.18 Å². The molecule has 2 aliphatic rings. The maximum absolute atomic E-state index is 13.2. The molecule has 0 fully saturated rings. The maximum Gasteiger partial charge on any atom is 0.298 e. The Balaban J connectivity index is 0.000000210. The summed E-state index contributed by atoms with van der Waals surface area (Å²) in [4.78, 5) is 12.7. The van der Waals surface area contributed by atoms with Gasteiger partial charge < -0.3 is 15.3 Å². The lowest BCUT2D eigenvalue weighted by atomic mass is 9.74. The van der Waals surface area contributed by atoms with Gasteiger partial charge in [-0.05, 0) is 209 Å². The van der Waals surface area contributed by atoms with Crippen LogP contribution in [-0.2, 0) is 39.0 Å². The third-order valence-corrected chi connectivity index (χ3v) is 15.6. The lowest BCUT2D eigenvalue weighted by Gasteiger charge is -2.34. The normalized spacial score (nSPS) is 16.3. The zero-order chi connectivity index (χ0) is 46.8. The highest BCUT2D eigenvalue weighted by Crippen LogP contribution is 2.54. The fourth-order valence-electron chi connectivity index (χ4n) is 8.69. The van der Waals surface area contributed by atoms with Gasteiger partial charge in [-0.2, -0.15) is 16.8 Å². The largest absolute Gasteiger partial charge is 0.507 e. The third-order valence-electron chi connectivity index (χ3n) is 12.9. The van der Waals surface area contributed by atoms with Crippen LogP contribution in [0.1, 0.15) is 98.7 Å². The molecular formula is C51H54O10S2. The van der Waals surface area contributed by atoms with Crippen molar-refractivity contribution in [2.24, 2.45) is 0 Å². The van der Waals surface area contributed by atoms with Crippen LogP contribution in [0.25, 0.3) is 5.57 Å². The summed E-state index contributed by atoms with van der Waals surface area (Å²) >= 11 is 0. The fourth-order valence-corrected chi connectivity index (χ4v) is 11.0. The summed E-state index contributed by atoms with van der Waals surface area (Å²) in [7, 11) is -6.91. The molecule has 0 saturated heterocycles. The number of carbonyl (C=O) groups excluding carboxylic acids is 1. The zero-order valence-corrected chi connectivity index (χ0v) is 39.6. The lowest BCUT2D eigenvalue weighted by molar-refractivity contribution is -0.112. The van der Waals surface area contributed by atoms with E-state index in [2.05, 4.69) is 0 Å². The SMILES string of the molecule is COS(=O)(=O)c1ccccc1/C(=C1\C=C(C)C(=O)C(C)=C1C)c1cc(C)c(O)c(C)c1C.Cc1cc(C2(c3cc(C)c(O)c(C)c3C)OS(=O)(=O)c3ccccc32)c(C)c(C)c1O. The molecule has 63 heavy (non-hydrogen) atoms. The van der Waals surface area contributed by atoms with Crippen LogP contribution >= 0.6 is 0 Å². The molecule has 5 aromatic rings. The van der Waals surface area contributed by atoms with Gasteiger partial charge in [0.1, 0.15) is 27.0 Å². The number of Topliss-reactive ketones (excluding diaryl/α,β-unsaturated/α-hetero) is 1. The van der Waals surface area contributed by atoms with Gasteiger partial charge in [-0.1, -0.05) is 36.4 Å². The summed E-state index contributed by atoms with van der Waals surface area (Å²) in [6, 6.07) is 18.9. The summed E-state index contributed by atoms with van der Waals surface area (Å²) < 4.78 is 62.9. The van der Waals surface area contributed by atoms with Gasteiger partial charge in [0.15, 0.2) is 11.4 Å². The highest BCUT2D eigenvalue weighted by atomic mass is 32.2. The van der Waals surface area contributed by atoms with Crippen molar-refractivity contribution in [3.8, 4) is 17.2 Å². The summed E-state index contributed by atoms with van der Waals surface area (Å²) in [5.74, 6) is 0.543. The highest BCUT2D eigenvalue weighted by molar-refractivity contribution is 7.87. The Labute approximate surface area is 371 Å². The van der Waals surface area contributed by atoms with Crippen LogP contribution in [-0.4, -0.2) is 45.0 Å². The van der Waals surface area contributed by atoms with E-state index in [9.17, 15) is 36.9 Å². The molecule has 0 spiro atoms. The van der Waals surface area contributed by atoms with E-state index >= 15 is 0 Å². The van der Waals surface area contributed by atoms with Crippen molar-refractivity contribution in [1.29, 1.82) is 0 Å². The Morgan fingerprint density at radius 2 is 1.08 bits per heavy atom. The zero-order valence-electron chi connectivity index (χ0n) is 37.9. The van der Waals surface area contributed by atoms with Gasteiger partial charge in [0.2, 0.25) is 0 Å². The monoisotopic (exact) mass is 890 g/mol. The molecule has 0 radical (unpaired) electrons. The van der Waals surface area contributed by atoms with Crippen LogP contribution in [0, 0.1) is 62.3 Å². The van der Waals surface area contributed by atoms with Gasteiger partial charge in [0.25, 0.3) is 20.2 Å². The Kier molecular flexibility index (Phi) is 12.4. The molecule has 1 aliphatic heterocycles. The number of rotatable bonds is 6. The van der Waals surface area contributed by atoms with Crippen LogP contribution in [0.3, 0.4) is 0 Å². The molecule has 1 aliphatic carbocycles.